The van der Waals surface area contributed by atoms with Crippen molar-refractivity contribution in [3.8, 4) is 0 Å². The van der Waals surface area contributed by atoms with Crippen LogP contribution in [0.3, 0.4) is 0 Å². The number of esters is 1. The SMILES string of the molecule is CC1=C(C(=O)OCc2ccc([N+](=O)[O-])cc2)N2C(=O)C(N3C(=O)COCC3=O)[C@H]2SC1. The van der Waals surface area contributed by atoms with Crippen molar-refractivity contribution in [3.63, 3.8) is 0 Å². The topological polar surface area (TPSA) is 136 Å². The molecular weight excluding hydrogens is 430 g/mol. The highest BCUT2D eigenvalue weighted by molar-refractivity contribution is 8.00. The summed E-state index contributed by atoms with van der Waals surface area (Å²) in [6, 6.07) is 4.60. The first-order valence-corrected chi connectivity index (χ1v) is 10.3. The Labute approximate surface area is 180 Å². The number of non-ortho nitro benzene ring substituents is 1. The Balaban J connectivity index is 1.47. The minimum Gasteiger partial charge on any atom is -0.456 e. The molecular formula is C19H17N3O8S. The third-order valence-corrected chi connectivity index (χ3v) is 6.52. The monoisotopic (exact) mass is 447 g/mol. The van der Waals surface area contributed by atoms with Crippen LogP contribution < -0.4 is 0 Å². The normalized spacial score (nSPS) is 23.5. The van der Waals surface area contributed by atoms with Crippen LogP contribution in [0.1, 0.15) is 12.5 Å². The van der Waals surface area contributed by atoms with E-state index in [1.165, 1.54) is 40.9 Å². The van der Waals surface area contributed by atoms with Gasteiger partial charge in [-0.2, -0.15) is 0 Å². The van der Waals surface area contributed by atoms with Gasteiger partial charge in [0, 0.05) is 17.9 Å². The van der Waals surface area contributed by atoms with E-state index >= 15 is 0 Å². The number of β-lactam (4-membered cyclic amide) rings is 1. The van der Waals surface area contributed by atoms with Gasteiger partial charge in [0.1, 0.15) is 36.9 Å². The number of thioether (sulfide) groups is 1. The molecule has 1 aromatic carbocycles. The van der Waals surface area contributed by atoms with Crippen LogP contribution in [-0.2, 0) is 35.3 Å². The summed E-state index contributed by atoms with van der Waals surface area (Å²) >= 11 is 1.36. The predicted molar refractivity (Wildman–Crippen MR) is 105 cm³/mol. The lowest BCUT2D eigenvalue weighted by atomic mass is 10.0. The first-order valence-electron chi connectivity index (χ1n) is 9.27. The summed E-state index contributed by atoms with van der Waals surface area (Å²) in [5.74, 6) is -1.97. The number of carbonyl (C=O) groups is 4. The molecule has 0 aliphatic carbocycles. The fourth-order valence-electron chi connectivity index (χ4n) is 3.59. The largest absolute Gasteiger partial charge is 0.456 e. The predicted octanol–water partition coefficient (Wildman–Crippen LogP) is 0.581. The van der Waals surface area contributed by atoms with Gasteiger partial charge >= 0.3 is 5.97 Å². The highest BCUT2D eigenvalue weighted by Gasteiger charge is 2.58. The summed E-state index contributed by atoms with van der Waals surface area (Å²) in [5.41, 5.74) is 1.21. The molecule has 3 aliphatic rings. The third kappa shape index (κ3) is 3.68. The van der Waals surface area contributed by atoms with Gasteiger partial charge in [-0.15, -0.1) is 11.8 Å². The van der Waals surface area contributed by atoms with Gasteiger partial charge in [-0.25, -0.2) is 4.79 Å². The van der Waals surface area contributed by atoms with Crippen LogP contribution in [0.15, 0.2) is 35.5 Å². The second kappa shape index (κ2) is 8.12. The Morgan fingerprint density at radius 1 is 1.19 bits per heavy atom. The van der Waals surface area contributed by atoms with Crippen LogP contribution in [0.2, 0.25) is 0 Å². The van der Waals surface area contributed by atoms with E-state index in [1.807, 2.05) is 0 Å². The number of nitro benzene ring substituents is 1. The average Bonchev–Trinajstić information content (AvgIpc) is 2.74. The Morgan fingerprint density at radius 2 is 1.84 bits per heavy atom. The number of morpholine rings is 1. The molecule has 12 heteroatoms. The summed E-state index contributed by atoms with van der Waals surface area (Å²) in [7, 11) is 0. The molecule has 31 heavy (non-hydrogen) atoms. The summed E-state index contributed by atoms with van der Waals surface area (Å²) in [6.45, 7) is 1.03. The average molecular weight is 447 g/mol. The van der Waals surface area contributed by atoms with E-state index in [0.717, 1.165) is 4.90 Å². The summed E-state index contributed by atoms with van der Waals surface area (Å²) in [6.07, 6.45) is 0. The van der Waals surface area contributed by atoms with E-state index < -0.39 is 40.0 Å². The van der Waals surface area contributed by atoms with Crippen molar-refractivity contribution in [3.05, 3.63) is 51.2 Å². The van der Waals surface area contributed by atoms with E-state index in [2.05, 4.69) is 0 Å². The van der Waals surface area contributed by atoms with Crippen molar-refractivity contribution in [1.29, 1.82) is 0 Å². The van der Waals surface area contributed by atoms with E-state index in [1.54, 1.807) is 6.92 Å². The molecule has 3 amide bonds. The molecule has 4 rings (SSSR count). The number of nitrogens with zero attached hydrogens (tertiary/aromatic N) is 3. The molecule has 3 heterocycles. The number of hydrogen-bond acceptors (Lipinski definition) is 9. The van der Waals surface area contributed by atoms with Crippen molar-refractivity contribution in [1.82, 2.24) is 9.80 Å². The quantitative estimate of drug-likeness (QED) is 0.209. The Morgan fingerprint density at radius 3 is 2.45 bits per heavy atom. The van der Waals surface area contributed by atoms with E-state index in [4.69, 9.17) is 9.47 Å². The minimum absolute atomic E-state index is 0.0785. The smallest absolute Gasteiger partial charge is 0.355 e. The van der Waals surface area contributed by atoms with Crippen molar-refractivity contribution < 1.29 is 33.6 Å². The van der Waals surface area contributed by atoms with Gasteiger partial charge in [0.15, 0.2) is 0 Å². The fourth-order valence-corrected chi connectivity index (χ4v) is 4.93. The first-order chi connectivity index (χ1) is 14.8. The zero-order chi connectivity index (χ0) is 22.3. The van der Waals surface area contributed by atoms with Crippen molar-refractivity contribution in [2.75, 3.05) is 19.0 Å². The molecule has 3 aliphatic heterocycles. The van der Waals surface area contributed by atoms with Crippen molar-refractivity contribution in [2.24, 2.45) is 0 Å². The summed E-state index contributed by atoms with van der Waals surface area (Å²) in [5, 5.41) is 10.2. The molecule has 11 nitrogen and oxygen atoms in total. The maximum atomic E-state index is 12.8. The molecule has 162 valence electrons. The van der Waals surface area contributed by atoms with E-state index in [0.29, 0.717) is 16.9 Å². The van der Waals surface area contributed by atoms with Crippen molar-refractivity contribution in [2.45, 2.75) is 24.9 Å². The van der Waals surface area contributed by atoms with E-state index in [-0.39, 0.29) is 31.2 Å². The lowest BCUT2D eigenvalue weighted by Crippen LogP contribution is -2.73. The molecule has 0 spiro atoms. The first kappa shape index (κ1) is 21.0. The molecule has 2 saturated heterocycles. The zero-order valence-electron chi connectivity index (χ0n) is 16.3. The third-order valence-electron chi connectivity index (χ3n) is 5.11. The molecule has 2 atom stereocenters. The molecule has 0 bridgehead atoms. The molecule has 1 aromatic rings. The van der Waals surface area contributed by atoms with E-state index in [9.17, 15) is 29.3 Å². The second-order valence-electron chi connectivity index (χ2n) is 7.13. The number of hydrogen-bond donors (Lipinski definition) is 0. The Hall–Kier alpha value is -3.25. The summed E-state index contributed by atoms with van der Waals surface area (Å²) in [4.78, 5) is 62.2. The van der Waals surface area contributed by atoms with Crippen molar-refractivity contribution >= 4 is 41.1 Å². The van der Waals surface area contributed by atoms with Crippen LogP contribution >= 0.6 is 11.8 Å². The fraction of sp³-hybridized carbons (Fsp3) is 0.368. The van der Waals surface area contributed by atoms with Gasteiger partial charge < -0.3 is 9.47 Å². The number of amides is 3. The van der Waals surface area contributed by atoms with Crippen LogP contribution in [0.25, 0.3) is 0 Å². The zero-order valence-corrected chi connectivity index (χ0v) is 17.1. The molecule has 0 aromatic heterocycles. The van der Waals surface area contributed by atoms with Gasteiger partial charge in [0.25, 0.3) is 23.4 Å². The van der Waals surface area contributed by atoms with Crippen LogP contribution in [0.5, 0.6) is 0 Å². The number of imide groups is 1. The number of ether oxygens (including phenoxy) is 2. The number of fused-ring (bicyclic) bond motifs is 1. The molecule has 2 fully saturated rings. The molecule has 0 radical (unpaired) electrons. The molecule has 0 N–H and O–H groups in total. The lowest BCUT2D eigenvalue weighted by Gasteiger charge is -2.52. The number of rotatable bonds is 5. The molecule has 1 unspecified atom stereocenters. The van der Waals surface area contributed by atoms with Gasteiger partial charge in [-0.1, -0.05) is 0 Å². The second-order valence-corrected chi connectivity index (χ2v) is 8.24. The molecule has 0 saturated carbocycles. The van der Waals surface area contributed by atoms with Gasteiger partial charge in [-0.05, 0) is 30.2 Å². The summed E-state index contributed by atoms with van der Waals surface area (Å²) < 4.78 is 10.2. The van der Waals surface area contributed by atoms with Gasteiger partial charge in [0.2, 0.25) is 0 Å². The highest BCUT2D eigenvalue weighted by Crippen LogP contribution is 2.43. The van der Waals surface area contributed by atoms with Crippen LogP contribution in [-0.4, -0.2) is 68.8 Å². The highest BCUT2D eigenvalue weighted by atomic mass is 32.2. The van der Waals surface area contributed by atoms with Crippen LogP contribution in [0, 0.1) is 10.1 Å². The van der Waals surface area contributed by atoms with Gasteiger partial charge in [0.05, 0.1) is 4.92 Å². The lowest BCUT2D eigenvalue weighted by molar-refractivity contribution is -0.384. The Kier molecular flexibility index (Phi) is 5.50. The maximum absolute atomic E-state index is 12.8. The standard InChI is InChI=1S/C19H17N3O8S/c1-10-9-31-18-16(20-13(23)7-29-8-14(20)24)17(25)21(18)15(10)19(26)30-6-11-2-4-12(5-3-11)22(27)28/h2-5,16,18H,6-9H2,1H3/t16?,18-/m1/s1. The van der Waals surface area contributed by atoms with Crippen LogP contribution in [0.4, 0.5) is 5.69 Å². The van der Waals surface area contributed by atoms with Gasteiger partial charge in [-0.3, -0.25) is 34.3 Å². The minimum atomic E-state index is -0.973. The Bertz CT molecular complexity index is 1010. The number of nitro groups is 1. The number of benzene rings is 1. The maximum Gasteiger partial charge on any atom is 0.355 e. The number of carbonyl (C=O) groups excluding carboxylic acids is 4.